The summed E-state index contributed by atoms with van der Waals surface area (Å²) in [7, 11) is 0. The average Bonchev–Trinajstić information content (AvgIpc) is 2.10. The van der Waals surface area contributed by atoms with Gasteiger partial charge in [0.2, 0.25) is 0 Å². The number of hydrogen-bond donors (Lipinski definition) is 2. The molecule has 0 saturated heterocycles. The fourth-order valence-electron chi connectivity index (χ4n) is 1.50. The van der Waals surface area contributed by atoms with Gasteiger partial charge in [-0.3, -0.25) is 0 Å². The lowest BCUT2D eigenvalue weighted by Crippen LogP contribution is -1.91. The van der Waals surface area contributed by atoms with E-state index in [2.05, 4.69) is 0 Å². The third-order valence-electron chi connectivity index (χ3n) is 2.39. The molecule has 2 heteroatoms. The predicted octanol–water partition coefficient (Wildman–Crippen LogP) is 3.17. The van der Waals surface area contributed by atoms with Gasteiger partial charge in [-0.15, -0.1) is 0 Å². The monoisotopic (exact) mass is 194 g/mol. The van der Waals surface area contributed by atoms with Gasteiger partial charge < -0.3 is 10.2 Å². The lowest BCUT2D eigenvalue weighted by Gasteiger charge is -2.11. The van der Waals surface area contributed by atoms with E-state index in [0.717, 1.165) is 18.4 Å². The second-order valence-corrected chi connectivity index (χ2v) is 3.94. The maximum Gasteiger partial charge on any atom is 0.122 e. The molecule has 0 atom stereocenters. The van der Waals surface area contributed by atoms with Crippen molar-refractivity contribution in [2.24, 2.45) is 0 Å². The molecular formula is C12H18O2. The number of phenols is 2. The molecule has 2 nitrogen and oxygen atoms in total. The maximum atomic E-state index is 9.69. The summed E-state index contributed by atoms with van der Waals surface area (Å²) in [5.74, 6) is 0.758. The molecule has 0 spiro atoms. The molecule has 0 saturated carbocycles. The van der Waals surface area contributed by atoms with Crippen LogP contribution in [-0.4, -0.2) is 10.2 Å². The van der Waals surface area contributed by atoms with Gasteiger partial charge >= 0.3 is 0 Å². The van der Waals surface area contributed by atoms with Crippen LogP contribution in [0.3, 0.4) is 0 Å². The van der Waals surface area contributed by atoms with E-state index in [1.807, 2.05) is 20.8 Å². The van der Waals surface area contributed by atoms with Crippen LogP contribution in [0.2, 0.25) is 0 Å². The number of phenolic OH excluding ortho intramolecular Hbond substituents is 2. The third-order valence-corrected chi connectivity index (χ3v) is 2.39. The first kappa shape index (κ1) is 10.9. The van der Waals surface area contributed by atoms with Gasteiger partial charge in [-0.2, -0.15) is 0 Å². The Morgan fingerprint density at radius 3 is 2.00 bits per heavy atom. The van der Waals surface area contributed by atoms with E-state index in [-0.39, 0.29) is 11.5 Å². The lowest BCUT2D eigenvalue weighted by molar-refractivity contribution is 0.435. The van der Waals surface area contributed by atoms with Crippen molar-refractivity contribution in [1.29, 1.82) is 0 Å². The van der Waals surface area contributed by atoms with Crippen LogP contribution < -0.4 is 0 Å². The molecule has 0 radical (unpaired) electrons. The minimum absolute atomic E-state index is 0.218. The van der Waals surface area contributed by atoms with Gasteiger partial charge in [0.25, 0.3) is 0 Å². The predicted molar refractivity (Wildman–Crippen MR) is 57.9 cm³/mol. The molecule has 0 amide bonds. The van der Waals surface area contributed by atoms with Crippen LogP contribution in [0.25, 0.3) is 0 Å². The maximum absolute atomic E-state index is 9.69. The van der Waals surface area contributed by atoms with Crippen molar-refractivity contribution in [3.05, 3.63) is 23.3 Å². The van der Waals surface area contributed by atoms with E-state index in [1.165, 1.54) is 0 Å². The van der Waals surface area contributed by atoms with Crippen molar-refractivity contribution in [3.63, 3.8) is 0 Å². The highest BCUT2D eigenvalue weighted by molar-refractivity contribution is 5.47. The van der Waals surface area contributed by atoms with Gasteiger partial charge in [0, 0.05) is 5.56 Å². The topological polar surface area (TPSA) is 40.5 Å². The summed E-state index contributed by atoms with van der Waals surface area (Å²) in [5, 5.41) is 19.4. The smallest absolute Gasteiger partial charge is 0.122 e. The molecule has 0 bridgehead atoms. The molecule has 0 aliphatic heterocycles. The summed E-state index contributed by atoms with van der Waals surface area (Å²) in [6, 6.07) is 3.49. The molecule has 0 heterocycles. The first-order chi connectivity index (χ1) is 6.56. The third kappa shape index (κ3) is 2.19. The van der Waals surface area contributed by atoms with Crippen molar-refractivity contribution in [3.8, 4) is 11.5 Å². The number of aromatic hydroxyl groups is 2. The van der Waals surface area contributed by atoms with E-state index in [9.17, 15) is 10.2 Å². The van der Waals surface area contributed by atoms with Crippen LogP contribution in [-0.2, 0) is 6.42 Å². The molecule has 1 rings (SSSR count). The highest BCUT2D eigenvalue weighted by atomic mass is 16.3. The summed E-state index contributed by atoms with van der Waals surface area (Å²) in [6.07, 6.45) is 1.64. The van der Waals surface area contributed by atoms with E-state index >= 15 is 0 Å². The second kappa shape index (κ2) is 4.36. The zero-order chi connectivity index (χ0) is 10.7. The number of hydrogen-bond acceptors (Lipinski definition) is 2. The Morgan fingerprint density at radius 1 is 1.14 bits per heavy atom. The van der Waals surface area contributed by atoms with Gasteiger partial charge in [0.15, 0.2) is 0 Å². The van der Waals surface area contributed by atoms with Crippen molar-refractivity contribution < 1.29 is 10.2 Å². The molecule has 1 aromatic rings. The molecule has 0 aromatic heterocycles. The van der Waals surface area contributed by atoms with E-state index in [0.29, 0.717) is 11.5 Å². The summed E-state index contributed by atoms with van der Waals surface area (Å²) in [4.78, 5) is 0. The van der Waals surface area contributed by atoms with Crippen LogP contribution in [0, 0.1) is 0 Å². The molecule has 2 N–H and O–H groups in total. The summed E-state index contributed by atoms with van der Waals surface area (Å²) in [5.41, 5.74) is 1.64. The largest absolute Gasteiger partial charge is 0.508 e. The molecule has 14 heavy (non-hydrogen) atoms. The van der Waals surface area contributed by atoms with Gasteiger partial charge in [0.05, 0.1) is 0 Å². The van der Waals surface area contributed by atoms with Crippen LogP contribution in [0.5, 0.6) is 11.5 Å². The van der Waals surface area contributed by atoms with Crippen LogP contribution in [0.15, 0.2) is 12.1 Å². The Kier molecular flexibility index (Phi) is 3.39. The SMILES string of the molecule is CCCc1c(O)cc(C(C)C)cc1O. The summed E-state index contributed by atoms with van der Waals surface area (Å²) in [6.45, 7) is 6.09. The Hall–Kier alpha value is -1.18. The number of rotatable bonds is 3. The van der Waals surface area contributed by atoms with Gasteiger partial charge in [-0.05, 0) is 30.0 Å². The van der Waals surface area contributed by atoms with Crippen LogP contribution in [0.1, 0.15) is 44.2 Å². The first-order valence-electron chi connectivity index (χ1n) is 5.11. The van der Waals surface area contributed by atoms with Gasteiger partial charge in [0.1, 0.15) is 11.5 Å². The average molecular weight is 194 g/mol. The molecule has 0 aliphatic rings. The Bertz CT molecular complexity index is 293. The molecular weight excluding hydrogens is 176 g/mol. The van der Waals surface area contributed by atoms with Crippen molar-refractivity contribution in [2.45, 2.75) is 39.5 Å². The zero-order valence-electron chi connectivity index (χ0n) is 9.04. The minimum Gasteiger partial charge on any atom is -0.508 e. The lowest BCUT2D eigenvalue weighted by atomic mass is 9.98. The fourth-order valence-corrected chi connectivity index (χ4v) is 1.50. The van der Waals surface area contributed by atoms with E-state index in [1.54, 1.807) is 12.1 Å². The molecule has 1 aromatic carbocycles. The second-order valence-electron chi connectivity index (χ2n) is 3.94. The van der Waals surface area contributed by atoms with Crippen molar-refractivity contribution in [1.82, 2.24) is 0 Å². The quantitative estimate of drug-likeness (QED) is 0.775. The number of benzene rings is 1. The first-order valence-corrected chi connectivity index (χ1v) is 5.11. The van der Waals surface area contributed by atoms with E-state index in [4.69, 9.17) is 0 Å². The van der Waals surface area contributed by atoms with Crippen LogP contribution >= 0.6 is 0 Å². The molecule has 0 fully saturated rings. The van der Waals surface area contributed by atoms with Gasteiger partial charge in [-0.25, -0.2) is 0 Å². The summed E-state index contributed by atoms with van der Waals surface area (Å²) >= 11 is 0. The Labute approximate surface area is 85.2 Å². The van der Waals surface area contributed by atoms with Gasteiger partial charge in [-0.1, -0.05) is 27.2 Å². The van der Waals surface area contributed by atoms with Crippen molar-refractivity contribution in [2.75, 3.05) is 0 Å². The standard InChI is InChI=1S/C12H18O2/c1-4-5-10-11(13)6-9(8(2)3)7-12(10)14/h6-8,13-14H,4-5H2,1-3H3. The highest BCUT2D eigenvalue weighted by Crippen LogP contribution is 2.32. The highest BCUT2D eigenvalue weighted by Gasteiger charge is 2.10. The Morgan fingerprint density at radius 2 is 1.64 bits per heavy atom. The molecule has 78 valence electrons. The molecule has 0 unspecified atom stereocenters. The zero-order valence-corrected chi connectivity index (χ0v) is 9.04. The molecule has 0 aliphatic carbocycles. The minimum atomic E-state index is 0.218. The normalized spacial score (nSPS) is 10.9. The fraction of sp³-hybridized carbons (Fsp3) is 0.500. The Balaban J connectivity index is 3.11. The van der Waals surface area contributed by atoms with E-state index < -0.39 is 0 Å². The van der Waals surface area contributed by atoms with Crippen molar-refractivity contribution >= 4 is 0 Å². The van der Waals surface area contributed by atoms with Crippen LogP contribution in [0.4, 0.5) is 0 Å². The summed E-state index contributed by atoms with van der Waals surface area (Å²) < 4.78 is 0.